The van der Waals surface area contributed by atoms with E-state index in [1.54, 1.807) is 0 Å². The summed E-state index contributed by atoms with van der Waals surface area (Å²) >= 11 is 0. The Bertz CT molecular complexity index is 201. The molecule has 2 rings (SSSR count). The minimum atomic E-state index is -1.93. The fourth-order valence-electron chi connectivity index (χ4n) is 3.88. The van der Waals surface area contributed by atoms with E-state index in [9.17, 15) is 4.89 Å². The SMILES string of the molecule is C[PH](O)(C1CCCCCC1)C1CCCCC1. The van der Waals surface area contributed by atoms with E-state index in [4.69, 9.17) is 0 Å². The summed E-state index contributed by atoms with van der Waals surface area (Å²) in [5.74, 6) is 0. The van der Waals surface area contributed by atoms with Crippen molar-refractivity contribution in [2.24, 2.45) is 0 Å². The molecule has 0 atom stereocenters. The molecule has 0 spiro atoms. The van der Waals surface area contributed by atoms with Gasteiger partial charge in [0.25, 0.3) is 0 Å². The second kappa shape index (κ2) is 5.83. The first kappa shape index (κ1) is 12.8. The standard InChI is InChI=1S/C14H29OP/c1-16(15,14-11-7-4-8-12-14)13-9-5-2-3-6-10-13/h13-16H,2-12H2,1H3. The predicted octanol–water partition coefficient (Wildman–Crippen LogP) is 4.33. The summed E-state index contributed by atoms with van der Waals surface area (Å²) in [4.78, 5) is 11.0. The summed E-state index contributed by atoms with van der Waals surface area (Å²) in [5.41, 5.74) is 1.45. The van der Waals surface area contributed by atoms with Crippen LogP contribution in [0, 0.1) is 0 Å². The molecule has 1 nitrogen and oxygen atoms in total. The molecule has 0 heterocycles. The van der Waals surface area contributed by atoms with Crippen LogP contribution >= 0.6 is 7.49 Å². The zero-order valence-corrected chi connectivity index (χ0v) is 11.9. The van der Waals surface area contributed by atoms with Gasteiger partial charge >= 0.3 is 101 Å². The Balaban J connectivity index is 1.97. The Morgan fingerprint density at radius 3 is 1.38 bits per heavy atom. The van der Waals surface area contributed by atoms with Crippen molar-refractivity contribution >= 4 is 7.49 Å². The van der Waals surface area contributed by atoms with Gasteiger partial charge in [-0.25, -0.2) is 0 Å². The second-order valence-electron chi connectivity index (χ2n) is 6.25. The van der Waals surface area contributed by atoms with Crippen LogP contribution in [-0.2, 0) is 0 Å². The summed E-state index contributed by atoms with van der Waals surface area (Å²) in [5, 5.41) is 0. The van der Waals surface area contributed by atoms with Gasteiger partial charge in [0.15, 0.2) is 0 Å². The molecule has 2 fully saturated rings. The van der Waals surface area contributed by atoms with Crippen LogP contribution < -0.4 is 0 Å². The third-order valence-electron chi connectivity index (χ3n) is 5.11. The van der Waals surface area contributed by atoms with Gasteiger partial charge in [-0.2, -0.15) is 0 Å². The van der Waals surface area contributed by atoms with Gasteiger partial charge in [0.2, 0.25) is 0 Å². The van der Waals surface area contributed by atoms with E-state index in [1.165, 1.54) is 70.6 Å². The summed E-state index contributed by atoms with van der Waals surface area (Å²) in [6, 6.07) is 0. The number of hydrogen-bond acceptors (Lipinski definition) is 1. The first-order valence-electron chi connectivity index (χ1n) is 7.43. The molecule has 0 aromatic rings. The third-order valence-corrected chi connectivity index (χ3v) is 9.57. The molecule has 16 heavy (non-hydrogen) atoms. The molecular weight excluding hydrogens is 215 g/mol. The van der Waals surface area contributed by atoms with Crippen molar-refractivity contribution in [3.63, 3.8) is 0 Å². The summed E-state index contributed by atoms with van der Waals surface area (Å²) in [6.07, 6.45) is 15.0. The first-order valence-corrected chi connectivity index (χ1v) is 10.0. The van der Waals surface area contributed by atoms with Gasteiger partial charge in [0.05, 0.1) is 0 Å². The maximum atomic E-state index is 11.0. The fourth-order valence-corrected chi connectivity index (χ4v) is 7.71. The van der Waals surface area contributed by atoms with Crippen molar-refractivity contribution in [1.82, 2.24) is 0 Å². The molecule has 0 unspecified atom stereocenters. The van der Waals surface area contributed by atoms with Gasteiger partial charge in [-0.3, -0.25) is 0 Å². The molecule has 0 radical (unpaired) electrons. The summed E-state index contributed by atoms with van der Waals surface area (Å²) in [6.45, 7) is 2.28. The first-order chi connectivity index (χ1) is 7.71. The molecular formula is C14H29OP. The molecule has 0 aromatic heterocycles. The topological polar surface area (TPSA) is 20.2 Å². The van der Waals surface area contributed by atoms with Crippen LogP contribution in [0.2, 0.25) is 0 Å². The molecule has 0 saturated heterocycles. The van der Waals surface area contributed by atoms with E-state index in [-0.39, 0.29) is 0 Å². The van der Waals surface area contributed by atoms with Gasteiger partial charge in [0.1, 0.15) is 0 Å². The van der Waals surface area contributed by atoms with Crippen LogP contribution in [0.25, 0.3) is 0 Å². The van der Waals surface area contributed by atoms with Crippen molar-refractivity contribution in [3.05, 3.63) is 0 Å². The van der Waals surface area contributed by atoms with Crippen LogP contribution in [0.3, 0.4) is 0 Å². The van der Waals surface area contributed by atoms with Crippen LogP contribution in [0.1, 0.15) is 70.6 Å². The average Bonchev–Trinajstić information content (AvgIpc) is 2.59. The Labute approximate surface area is 101 Å². The van der Waals surface area contributed by atoms with Gasteiger partial charge in [-0.1, -0.05) is 0 Å². The van der Waals surface area contributed by atoms with E-state index in [1.807, 2.05) is 0 Å². The Kier molecular flexibility index (Phi) is 4.67. The van der Waals surface area contributed by atoms with Gasteiger partial charge in [-0.15, -0.1) is 0 Å². The third kappa shape index (κ3) is 2.99. The van der Waals surface area contributed by atoms with Crippen molar-refractivity contribution in [3.8, 4) is 0 Å². The molecule has 96 valence electrons. The van der Waals surface area contributed by atoms with Gasteiger partial charge in [-0.05, 0) is 0 Å². The Hall–Kier alpha value is 0.390. The fraction of sp³-hybridized carbons (Fsp3) is 1.00. The Morgan fingerprint density at radius 1 is 0.688 bits per heavy atom. The number of rotatable bonds is 2. The van der Waals surface area contributed by atoms with Crippen molar-refractivity contribution in [2.45, 2.75) is 81.9 Å². The zero-order valence-electron chi connectivity index (χ0n) is 10.9. The second-order valence-corrected chi connectivity index (χ2v) is 10.3. The van der Waals surface area contributed by atoms with E-state index in [0.717, 1.165) is 11.3 Å². The molecule has 0 bridgehead atoms. The monoisotopic (exact) mass is 244 g/mol. The summed E-state index contributed by atoms with van der Waals surface area (Å²) < 4.78 is 0. The van der Waals surface area contributed by atoms with Crippen LogP contribution in [0.4, 0.5) is 0 Å². The maximum absolute atomic E-state index is 11.0. The predicted molar refractivity (Wildman–Crippen MR) is 74.8 cm³/mol. The normalized spacial score (nSPS) is 27.6. The quantitative estimate of drug-likeness (QED) is 0.566. The Morgan fingerprint density at radius 2 is 1.00 bits per heavy atom. The van der Waals surface area contributed by atoms with Crippen molar-refractivity contribution in [2.75, 3.05) is 6.66 Å². The van der Waals surface area contributed by atoms with Crippen molar-refractivity contribution < 1.29 is 4.89 Å². The minimum absolute atomic E-state index is 0.720. The van der Waals surface area contributed by atoms with E-state index < -0.39 is 7.49 Å². The molecule has 0 amide bonds. The average molecular weight is 244 g/mol. The van der Waals surface area contributed by atoms with Crippen molar-refractivity contribution in [1.29, 1.82) is 0 Å². The molecule has 2 heteroatoms. The van der Waals surface area contributed by atoms with E-state index in [2.05, 4.69) is 6.66 Å². The molecule has 1 N–H and O–H groups in total. The van der Waals surface area contributed by atoms with Crippen LogP contribution in [-0.4, -0.2) is 22.9 Å². The van der Waals surface area contributed by atoms with E-state index in [0.29, 0.717) is 0 Å². The van der Waals surface area contributed by atoms with Crippen LogP contribution in [0.15, 0.2) is 0 Å². The zero-order chi connectivity index (χ0) is 11.4. The number of hydrogen-bond donors (Lipinski definition) is 1. The molecule has 2 aliphatic rings. The molecule has 2 aliphatic carbocycles. The summed E-state index contributed by atoms with van der Waals surface area (Å²) in [7, 11) is -1.93. The molecule has 0 aliphatic heterocycles. The van der Waals surface area contributed by atoms with Gasteiger partial charge < -0.3 is 0 Å². The van der Waals surface area contributed by atoms with Gasteiger partial charge in [0, 0.05) is 0 Å². The molecule has 0 aromatic carbocycles. The molecule has 2 saturated carbocycles. The van der Waals surface area contributed by atoms with E-state index >= 15 is 0 Å². The van der Waals surface area contributed by atoms with Crippen LogP contribution in [0.5, 0.6) is 0 Å².